The molecule has 2 aliphatic rings. The van der Waals surface area contributed by atoms with E-state index < -0.39 is 0 Å². The first-order valence-corrected chi connectivity index (χ1v) is 10.3. The zero-order valence-electron chi connectivity index (χ0n) is 13.7. The number of hydrogen-bond donors (Lipinski definition) is 2. The van der Waals surface area contributed by atoms with Crippen molar-refractivity contribution in [1.82, 2.24) is 10.2 Å². The summed E-state index contributed by atoms with van der Waals surface area (Å²) in [6.07, 6.45) is 3.89. The monoisotopic (exact) mass is 361 g/mol. The van der Waals surface area contributed by atoms with E-state index in [1.807, 2.05) is 11.4 Å². The molecule has 6 heteroatoms. The van der Waals surface area contributed by atoms with E-state index in [-0.39, 0.29) is 5.91 Å². The second kappa shape index (κ2) is 6.59. The van der Waals surface area contributed by atoms with E-state index >= 15 is 0 Å². The van der Waals surface area contributed by atoms with Crippen molar-refractivity contribution in [3.8, 4) is 0 Å². The Morgan fingerprint density at radius 3 is 2.83 bits per heavy atom. The van der Waals surface area contributed by atoms with Crippen LogP contribution in [-0.4, -0.2) is 29.9 Å². The number of nitrogens with one attached hydrogen (secondary N) is 1. The van der Waals surface area contributed by atoms with Crippen molar-refractivity contribution in [2.24, 2.45) is 11.1 Å². The molecule has 3 N–H and O–H groups in total. The third-order valence-electron chi connectivity index (χ3n) is 5.45. The molecule has 2 fully saturated rings. The molecule has 0 unspecified atom stereocenters. The van der Waals surface area contributed by atoms with E-state index in [1.165, 1.54) is 29.7 Å². The molecule has 0 bridgehead atoms. The van der Waals surface area contributed by atoms with E-state index in [2.05, 4.69) is 27.0 Å². The second-order valence-electron chi connectivity index (χ2n) is 7.03. The van der Waals surface area contributed by atoms with Crippen molar-refractivity contribution in [3.05, 3.63) is 44.3 Å². The number of nitrogens with two attached hydrogens (primary N) is 1. The van der Waals surface area contributed by atoms with Gasteiger partial charge in [0.1, 0.15) is 0 Å². The van der Waals surface area contributed by atoms with Gasteiger partial charge in [0, 0.05) is 29.4 Å². The third-order valence-corrected chi connectivity index (χ3v) is 7.10. The topological polar surface area (TPSA) is 58.4 Å². The molecule has 1 saturated heterocycles. The normalized spacial score (nSPS) is 22.1. The minimum atomic E-state index is -0.330. The lowest BCUT2D eigenvalue weighted by Crippen LogP contribution is -2.35. The highest BCUT2D eigenvalue weighted by Gasteiger charge is 2.56. The average molecular weight is 362 g/mol. The predicted octanol–water partition coefficient (Wildman–Crippen LogP) is 3.05. The molecule has 1 spiro atoms. The summed E-state index contributed by atoms with van der Waals surface area (Å²) in [6, 6.07) is 4.85. The van der Waals surface area contributed by atoms with E-state index in [0.717, 1.165) is 26.2 Å². The van der Waals surface area contributed by atoms with Crippen LogP contribution >= 0.6 is 22.7 Å². The Labute approximate surface area is 150 Å². The van der Waals surface area contributed by atoms with Crippen LogP contribution in [0.1, 0.15) is 40.1 Å². The standard InChI is InChI=1S/C18H23N3OS2/c19-17(22)14-7-15(24-12-14)10-21(9-13-1-6-23-11-13)16-8-18(16)2-4-20-5-3-18/h1,6-7,11-12,16,20H,2-5,8-10H2,(H2,19,22)/t16-/m0/s1. The molecular formula is C18H23N3OS2. The number of amides is 1. The highest BCUT2D eigenvalue weighted by Crippen LogP contribution is 2.56. The second-order valence-corrected chi connectivity index (χ2v) is 8.81. The Morgan fingerprint density at radius 1 is 1.33 bits per heavy atom. The molecule has 4 nitrogen and oxygen atoms in total. The van der Waals surface area contributed by atoms with Gasteiger partial charge in [-0.2, -0.15) is 11.3 Å². The van der Waals surface area contributed by atoms with Gasteiger partial charge in [0.05, 0.1) is 5.56 Å². The van der Waals surface area contributed by atoms with Crippen LogP contribution in [0.15, 0.2) is 28.3 Å². The molecule has 0 aromatic carbocycles. The highest BCUT2D eigenvalue weighted by atomic mass is 32.1. The number of piperidine rings is 1. The minimum absolute atomic E-state index is 0.330. The van der Waals surface area contributed by atoms with Gasteiger partial charge < -0.3 is 11.1 Å². The maximum absolute atomic E-state index is 11.4. The van der Waals surface area contributed by atoms with Crippen LogP contribution in [0.2, 0.25) is 0 Å². The van der Waals surface area contributed by atoms with Gasteiger partial charge in [-0.3, -0.25) is 9.69 Å². The Hall–Kier alpha value is -1.21. The molecule has 1 atom stereocenters. The first-order chi connectivity index (χ1) is 11.7. The molecule has 1 aliphatic carbocycles. The van der Waals surface area contributed by atoms with Gasteiger partial charge in [-0.05, 0) is 66.2 Å². The van der Waals surface area contributed by atoms with Crippen molar-refractivity contribution in [3.63, 3.8) is 0 Å². The van der Waals surface area contributed by atoms with E-state index in [1.54, 1.807) is 22.7 Å². The van der Waals surface area contributed by atoms with Gasteiger partial charge in [-0.15, -0.1) is 11.3 Å². The largest absolute Gasteiger partial charge is 0.366 e. The molecule has 4 rings (SSSR count). The first-order valence-electron chi connectivity index (χ1n) is 8.49. The van der Waals surface area contributed by atoms with Gasteiger partial charge in [0.2, 0.25) is 5.91 Å². The summed E-state index contributed by atoms with van der Waals surface area (Å²) in [6.45, 7) is 4.20. The van der Waals surface area contributed by atoms with Crippen LogP contribution in [0.3, 0.4) is 0 Å². The van der Waals surface area contributed by atoms with Gasteiger partial charge in [0.25, 0.3) is 0 Å². The summed E-state index contributed by atoms with van der Waals surface area (Å²) in [4.78, 5) is 15.2. The number of rotatable bonds is 6. The lowest BCUT2D eigenvalue weighted by molar-refractivity contribution is 0.100. The molecule has 1 saturated carbocycles. The average Bonchev–Trinajstić information content (AvgIpc) is 3.00. The molecule has 1 amide bonds. The molecule has 3 heterocycles. The molecule has 24 heavy (non-hydrogen) atoms. The van der Waals surface area contributed by atoms with Gasteiger partial charge in [-0.25, -0.2) is 0 Å². The molecule has 0 radical (unpaired) electrons. The summed E-state index contributed by atoms with van der Waals surface area (Å²) in [5, 5.41) is 9.76. The number of nitrogens with zero attached hydrogens (tertiary/aromatic N) is 1. The molecule has 128 valence electrons. The smallest absolute Gasteiger partial charge is 0.249 e. The number of thiophene rings is 2. The van der Waals surface area contributed by atoms with Gasteiger partial charge >= 0.3 is 0 Å². The fourth-order valence-corrected chi connectivity index (χ4v) is 5.55. The van der Waals surface area contributed by atoms with Crippen LogP contribution in [0.25, 0.3) is 0 Å². The van der Waals surface area contributed by atoms with Crippen molar-refractivity contribution in [2.45, 2.75) is 38.4 Å². The maximum atomic E-state index is 11.4. The fraction of sp³-hybridized carbons (Fsp3) is 0.500. The summed E-state index contributed by atoms with van der Waals surface area (Å²) < 4.78 is 0. The highest BCUT2D eigenvalue weighted by molar-refractivity contribution is 7.10. The first kappa shape index (κ1) is 16.3. The zero-order valence-corrected chi connectivity index (χ0v) is 15.3. The lowest BCUT2D eigenvalue weighted by Gasteiger charge is -2.29. The van der Waals surface area contributed by atoms with Crippen LogP contribution in [-0.2, 0) is 13.1 Å². The minimum Gasteiger partial charge on any atom is -0.366 e. The van der Waals surface area contributed by atoms with E-state index in [4.69, 9.17) is 5.73 Å². The SMILES string of the molecule is NC(=O)c1csc(CN(Cc2ccsc2)[C@H]2CC23CCNCC3)c1. The summed E-state index contributed by atoms with van der Waals surface area (Å²) >= 11 is 3.41. The fourth-order valence-electron chi connectivity index (χ4n) is 3.99. The zero-order chi connectivity index (χ0) is 16.6. The quantitative estimate of drug-likeness (QED) is 0.831. The number of carbonyl (C=O) groups excluding carboxylic acids is 1. The predicted molar refractivity (Wildman–Crippen MR) is 99.3 cm³/mol. The van der Waals surface area contributed by atoms with Crippen molar-refractivity contribution in [1.29, 1.82) is 0 Å². The van der Waals surface area contributed by atoms with Crippen molar-refractivity contribution < 1.29 is 4.79 Å². The van der Waals surface area contributed by atoms with Crippen molar-refractivity contribution >= 4 is 28.6 Å². The van der Waals surface area contributed by atoms with Gasteiger partial charge in [0.15, 0.2) is 0 Å². The van der Waals surface area contributed by atoms with E-state index in [0.29, 0.717) is 17.0 Å². The number of hydrogen-bond acceptors (Lipinski definition) is 5. The summed E-state index contributed by atoms with van der Waals surface area (Å²) in [5.41, 5.74) is 7.95. The van der Waals surface area contributed by atoms with Crippen LogP contribution in [0.5, 0.6) is 0 Å². The maximum Gasteiger partial charge on any atom is 0.249 e. The molecule has 2 aromatic heterocycles. The molecule has 1 aliphatic heterocycles. The summed E-state index contributed by atoms with van der Waals surface area (Å²) in [7, 11) is 0. The Kier molecular flexibility index (Phi) is 4.47. The van der Waals surface area contributed by atoms with Gasteiger partial charge in [-0.1, -0.05) is 0 Å². The molecular weight excluding hydrogens is 338 g/mol. The van der Waals surface area contributed by atoms with Crippen LogP contribution in [0, 0.1) is 5.41 Å². The van der Waals surface area contributed by atoms with Crippen molar-refractivity contribution in [2.75, 3.05) is 13.1 Å². The number of carbonyl (C=O) groups is 1. The lowest BCUT2D eigenvalue weighted by atomic mass is 9.93. The Morgan fingerprint density at radius 2 is 2.17 bits per heavy atom. The number of primary amides is 1. The van der Waals surface area contributed by atoms with Crippen LogP contribution in [0.4, 0.5) is 0 Å². The Balaban J connectivity index is 1.51. The third kappa shape index (κ3) is 3.28. The van der Waals surface area contributed by atoms with Crippen LogP contribution < -0.4 is 11.1 Å². The molecule has 2 aromatic rings. The summed E-state index contributed by atoms with van der Waals surface area (Å²) in [5.74, 6) is -0.330. The Bertz CT molecular complexity index is 704. The van der Waals surface area contributed by atoms with E-state index in [9.17, 15) is 4.79 Å².